The van der Waals surface area contributed by atoms with Gasteiger partial charge in [0, 0.05) is 31.0 Å². The van der Waals surface area contributed by atoms with Gasteiger partial charge in [0.15, 0.2) is 0 Å². The number of aliphatic hydroxyl groups excluding tert-OH is 1. The molecule has 0 amide bonds. The van der Waals surface area contributed by atoms with Crippen LogP contribution in [0, 0.1) is 5.41 Å². The van der Waals surface area contributed by atoms with Gasteiger partial charge in [-0.15, -0.1) is 0 Å². The van der Waals surface area contributed by atoms with Crippen LogP contribution in [-0.4, -0.2) is 36.6 Å². The zero-order valence-electron chi connectivity index (χ0n) is 10.6. The number of hydrogen-bond acceptors (Lipinski definition) is 4. The lowest BCUT2D eigenvalue weighted by molar-refractivity contribution is 0.213. The maximum atomic E-state index is 12.4. The van der Waals surface area contributed by atoms with Gasteiger partial charge in [-0.3, -0.25) is 0 Å². The molecule has 0 bridgehead atoms. The molecule has 0 saturated heterocycles. The van der Waals surface area contributed by atoms with E-state index in [-0.39, 0.29) is 23.5 Å². The first-order valence-electron chi connectivity index (χ1n) is 6.20. The monoisotopic (exact) mass is 315 g/mol. The number of aliphatic hydroxyl groups is 1. The van der Waals surface area contributed by atoms with E-state index in [0.717, 1.165) is 12.8 Å². The van der Waals surface area contributed by atoms with E-state index in [9.17, 15) is 13.5 Å². The van der Waals surface area contributed by atoms with Crippen molar-refractivity contribution < 1.29 is 13.5 Å². The number of rotatable bonds is 5. The summed E-state index contributed by atoms with van der Waals surface area (Å²) in [5.74, 6) is 0. The summed E-state index contributed by atoms with van der Waals surface area (Å²) in [6.07, 6.45) is 4.56. The second-order valence-corrected chi connectivity index (χ2v) is 7.29. The first-order valence-corrected chi connectivity index (χ1v) is 8.06. The molecule has 1 saturated carbocycles. The summed E-state index contributed by atoms with van der Waals surface area (Å²) in [6, 6.07) is 1.55. The molecule has 1 aliphatic carbocycles. The van der Waals surface area contributed by atoms with E-state index >= 15 is 0 Å². The van der Waals surface area contributed by atoms with E-state index in [2.05, 4.69) is 14.7 Å². The molecule has 0 spiro atoms. The number of aromatic nitrogens is 2. The van der Waals surface area contributed by atoms with E-state index < -0.39 is 10.0 Å². The van der Waals surface area contributed by atoms with Crippen LogP contribution in [0.25, 0.3) is 11.0 Å². The Morgan fingerprint density at radius 2 is 2.25 bits per heavy atom. The van der Waals surface area contributed by atoms with Crippen LogP contribution in [0.1, 0.15) is 12.8 Å². The molecule has 2 aromatic heterocycles. The maximum Gasteiger partial charge on any atom is 0.242 e. The largest absolute Gasteiger partial charge is 0.396 e. The Bertz CT molecular complexity index is 752. The number of nitrogens with zero attached hydrogens (tertiary/aromatic N) is 1. The molecule has 6 nitrogen and oxygen atoms in total. The molecular weight excluding hydrogens is 302 g/mol. The smallest absolute Gasteiger partial charge is 0.242 e. The summed E-state index contributed by atoms with van der Waals surface area (Å²) in [4.78, 5) is 6.92. The van der Waals surface area contributed by atoms with E-state index in [1.165, 1.54) is 12.4 Å². The highest BCUT2D eigenvalue weighted by atomic mass is 35.5. The van der Waals surface area contributed by atoms with Crippen molar-refractivity contribution in [1.29, 1.82) is 0 Å². The normalized spacial score (nSPS) is 17.5. The fourth-order valence-corrected chi connectivity index (χ4v) is 3.74. The van der Waals surface area contributed by atoms with Gasteiger partial charge in [-0.2, -0.15) is 0 Å². The molecule has 0 radical (unpaired) electrons. The summed E-state index contributed by atoms with van der Waals surface area (Å²) in [7, 11) is -3.69. The lowest BCUT2D eigenvalue weighted by Gasteiger charge is -2.12. The summed E-state index contributed by atoms with van der Waals surface area (Å²) < 4.78 is 27.2. The van der Waals surface area contributed by atoms with Crippen LogP contribution in [0.15, 0.2) is 23.4 Å². The van der Waals surface area contributed by atoms with E-state index in [1.54, 1.807) is 6.07 Å². The number of pyridine rings is 1. The van der Waals surface area contributed by atoms with Gasteiger partial charge in [-0.1, -0.05) is 11.6 Å². The van der Waals surface area contributed by atoms with Crippen LogP contribution in [0.4, 0.5) is 0 Å². The maximum absolute atomic E-state index is 12.4. The zero-order chi connectivity index (χ0) is 14.4. The lowest BCUT2D eigenvalue weighted by Crippen LogP contribution is -2.31. The fraction of sp³-hybridized carbons (Fsp3) is 0.417. The molecule has 2 heterocycles. The Hall–Kier alpha value is -1.15. The number of fused-ring (bicyclic) bond motifs is 1. The molecule has 108 valence electrons. The van der Waals surface area contributed by atoms with E-state index in [0.29, 0.717) is 16.1 Å². The van der Waals surface area contributed by atoms with Crippen molar-refractivity contribution >= 4 is 32.7 Å². The molecule has 0 atom stereocenters. The van der Waals surface area contributed by atoms with Gasteiger partial charge in [0.2, 0.25) is 10.0 Å². The quantitative estimate of drug-likeness (QED) is 0.774. The van der Waals surface area contributed by atoms with Gasteiger partial charge in [0.05, 0.1) is 10.4 Å². The van der Waals surface area contributed by atoms with Crippen molar-refractivity contribution in [2.24, 2.45) is 5.41 Å². The van der Waals surface area contributed by atoms with Crippen LogP contribution in [0.2, 0.25) is 5.02 Å². The molecule has 0 aliphatic heterocycles. The number of halogens is 1. The highest BCUT2D eigenvalue weighted by Gasteiger charge is 2.42. The lowest BCUT2D eigenvalue weighted by atomic mass is 10.1. The number of nitrogens with one attached hydrogen (secondary N) is 2. The Kier molecular flexibility index (Phi) is 3.24. The third-order valence-electron chi connectivity index (χ3n) is 3.71. The predicted molar refractivity (Wildman–Crippen MR) is 75.0 cm³/mol. The Balaban J connectivity index is 1.93. The molecule has 0 unspecified atom stereocenters. The van der Waals surface area contributed by atoms with Crippen LogP contribution in [-0.2, 0) is 10.0 Å². The van der Waals surface area contributed by atoms with Crippen molar-refractivity contribution in [3.05, 3.63) is 23.5 Å². The first kappa shape index (κ1) is 13.8. The zero-order valence-corrected chi connectivity index (χ0v) is 12.1. The molecule has 1 aliphatic rings. The average molecular weight is 316 g/mol. The topological polar surface area (TPSA) is 95.1 Å². The predicted octanol–water partition coefficient (Wildman–Crippen LogP) is 1.27. The minimum Gasteiger partial charge on any atom is -0.396 e. The van der Waals surface area contributed by atoms with Crippen molar-refractivity contribution in [2.45, 2.75) is 17.7 Å². The van der Waals surface area contributed by atoms with Gasteiger partial charge in [-0.25, -0.2) is 18.1 Å². The van der Waals surface area contributed by atoms with E-state index in [4.69, 9.17) is 11.6 Å². The minimum absolute atomic E-state index is 0.00822. The van der Waals surface area contributed by atoms with Crippen LogP contribution in [0.5, 0.6) is 0 Å². The fourth-order valence-electron chi connectivity index (χ4n) is 2.09. The van der Waals surface area contributed by atoms with Crippen LogP contribution < -0.4 is 4.72 Å². The van der Waals surface area contributed by atoms with Gasteiger partial charge < -0.3 is 10.1 Å². The molecule has 0 aromatic carbocycles. The summed E-state index contributed by atoms with van der Waals surface area (Å²) in [5.41, 5.74) is 0.141. The molecular formula is C12H14ClN3O3S. The Morgan fingerprint density at radius 3 is 2.90 bits per heavy atom. The van der Waals surface area contributed by atoms with Crippen LogP contribution >= 0.6 is 11.6 Å². The SMILES string of the molecule is O=S(=O)(NCC1(CO)CC1)c1c[nH]c2nccc(Cl)c12. The summed E-state index contributed by atoms with van der Waals surface area (Å²) in [6.45, 7) is 0.224. The second-order valence-electron chi connectivity index (χ2n) is 5.15. The summed E-state index contributed by atoms with van der Waals surface area (Å²) in [5, 5.41) is 9.95. The first-order chi connectivity index (χ1) is 9.47. The molecule has 8 heteroatoms. The van der Waals surface area contributed by atoms with Gasteiger partial charge in [-0.05, 0) is 18.9 Å². The summed E-state index contributed by atoms with van der Waals surface area (Å²) >= 11 is 6.05. The molecule has 3 rings (SSSR count). The highest BCUT2D eigenvalue weighted by molar-refractivity contribution is 7.89. The number of aromatic amines is 1. The van der Waals surface area contributed by atoms with Crippen molar-refractivity contribution in [1.82, 2.24) is 14.7 Å². The third-order valence-corrected chi connectivity index (χ3v) is 5.45. The Labute approximate surface area is 121 Å². The van der Waals surface area contributed by atoms with Crippen molar-refractivity contribution in [2.75, 3.05) is 13.2 Å². The third kappa shape index (κ3) is 2.31. The molecule has 1 fully saturated rings. The number of H-pyrrole nitrogens is 1. The molecule has 20 heavy (non-hydrogen) atoms. The van der Waals surface area contributed by atoms with Gasteiger partial charge >= 0.3 is 0 Å². The Morgan fingerprint density at radius 1 is 1.50 bits per heavy atom. The minimum atomic E-state index is -3.69. The van der Waals surface area contributed by atoms with Gasteiger partial charge in [0.1, 0.15) is 10.5 Å². The standard InChI is InChI=1S/C12H14ClN3O3S/c13-8-1-4-14-11-10(8)9(5-15-11)20(18,19)16-6-12(7-17)2-3-12/h1,4-5,16-17H,2-3,6-7H2,(H,14,15). The highest BCUT2D eigenvalue weighted by Crippen LogP contribution is 2.44. The molecule has 2 aromatic rings. The van der Waals surface area contributed by atoms with Crippen molar-refractivity contribution in [3.8, 4) is 0 Å². The van der Waals surface area contributed by atoms with E-state index in [1.807, 2.05) is 0 Å². The van der Waals surface area contributed by atoms with Gasteiger partial charge in [0.25, 0.3) is 0 Å². The number of hydrogen-bond donors (Lipinski definition) is 3. The van der Waals surface area contributed by atoms with Crippen molar-refractivity contribution in [3.63, 3.8) is 0 Å². The second kappa shape index (κ2) is 4.70. The average Bonchev–Trinajstić information content (AvgIpc) is 3.07. The molecule has 3 N–H and O–H groups in total. The number of sulfonamides is 1. The van der Waals surface area contributed by atoms with Crippen LogP contribution in [0.3, 0.4) is 0 Å².